The van der Waals surface area contributed by atoms with Crippen molar-refractivity contribution in [3.05, 3.63) is 71.8 Å². The Morgan fingerprint density at radius 1 is 0.917 bits per heavy atom. The molecule has 132 valence electrons. The van der Waals surface area contributed by atoms with Gasteiger partial charge in [-0.25, -0.2) is 0 Å². The fraction of sp³-hybridized carbons (Fsp3) is 0.429. The molecule has 0 bridgehead atoms. The van der Waals surface area contributed by atoms with Crippen LogP contribution in [0.15, 0.2) is 60.7 Å². The van der Waals surface area contributed by atoms with Gasteiger partial charge in [-0.3, -0.25) is 0 Å². The van der Waals surface area contributed by atoms with Crippen LogP contribution in [0.1, 0.15) is 37.8 Å². The van der Waals surface area contributed by atoms with Gasteiger partial charge in [-0.2, -0.15) is 0 Å². The number of aliphatic hydroxyl groups excluding tert-OH is 1. The first-order valence-electron chi connectivity index (χ1n) is 8.48. The Morgan fingerprint density at radius 3 is 1.67 bits per heavy atom. The Hall–Kier alpha value is -1.35. The fourth-order valence-electron chi connectivity index (χ4n) is 3.39. The third-order valence-corrected chi connectivity index (χ3v) is 5.03. The molecule has 0 aromatic heterocycles. The molecule has 0 aliphatic rings. The molecule has 0 heterocycles. The molecule has 2 aromatic carbocycles. The maximum atomic E-state index is 11.1. The highest BCUT2D eigenvalue weighted by atomic mass is 35.5. The van der Waals surface area contributed by atoms with Crippen molar-refractivity contribution >= 4 is 12.4 Å². The van der Waals surface area contributed by atoms with E-state index >= 15 is 0 Å². The first kappa shape index (κ1) is 20.7. The molecule has 24 heavy (non-hydrogen) atoms. The Bertz CT molecular complexity index is 546. The molecule has 1 N–H and O–H groups in total. The topological polar surface area (TPSA) is 23.5 Å². The number of hydrogen-bond donors (Lipinski definition) is 1. The lowest BCUT2D eigenvalue weighted by Crippen LogP contribution is -2.45. The third kappa shape index (κ3) is 4.18. The Kier molecular flexibility index (Phi) is 7.95. The largest absolute Gasteiger partial charge is 0.392 e. The summed E-state index contributed by atoms with van der Waals surface area (Å²) < 4.78 is 0. The van der Waals surface area contributed by atoms with Crippen molar-refractivity contribution in [3.8, 4) is 0 Å². The fourth-order valence-corrected chi connectivity index (χ4v) is 3.39. The Morgan fingerprint density at radius 2 is 1.33 bits per heavy atom. The van der Waals surface area contributed by atoms with E-state index < -0.39 is 6.10 Å². The van der Waals surface area contributed by atoms with Crippen LogP contribution in [0.2, 0.25) is 0 Å². The minimum absolute atomic E-state index is 0. The van der Waals surface area contributed by atoms with E-state index in [0.717, 1.165) is 12.8 Å². The summed E-state index contributed by atoms with van der Waals surface area (Å²) in [7, 11) is 4.20. The SMILES string of the molecule is CC[C@@H](O)C(C[C@H](C)N(C)C)(c1ccccc1)c1ccccc1.Cl. The minimum Gasteiger partial charge on any atom is -0.392 e. The maximum absolute atomic E-state index is 11.1. The molecule has 0 saturated heterocycles. The normalized spacial score (nSPS) is 14.1. The van der Waals surface area contributed by atoms with Crippen molar-refractivity contribution in [2.75, 3.05) is 14.1 Å². The molecular formula is C21H30ClNO. The van der Waals surface area contributed by atoms with E-state index in [1.54, 1.807) is 0 Å². The van der Waals surface area contributed by atoms with E-state index in [1.165, 1.54) is 11.1 Å². The van der Waals surface area contributed by atoms with E-state index in [1.807, 2.05) is 12.1 Å². The highest BCUT2D eigenvalue weighted by Crippen LogP contribution is 2.41. The zero-order valence-corrected chi connectivity index (χ0v) is 16.0. The van der Waals surface area contributed by atoms with Crippen LogP contribution in [-0.4, -0.2) is 36.2 Å². The zero-order chi connectivity index (χ0) is 16.9. The minimum atomic E-state index is -0.422. The lowest BCUT2D eigenvalue weighted by atomic mass is 9.66. The smallest absolute Gasteiger partial charge is 0.0675 e. The van der Waals surface area contributed by atoms with Gasteiger partial charge in [-0.15, -0.1) is 12.4 Å². The van der Waals surface area contributed by atoms with Crippen molar-refractivity contribution in [1.82, 2.24) is 4.90 Å². The monoisotopic (exact) mass is 347 g/mol. The van der Waals surface area contributed by atoms with E-state index in [4.69, 9.17) is 0 Å². The van der Waals surface area contributed by atoms with Gasteiger partial charge in [-0.1, -0.05) is 67.6 Å². The quantitative estimate of drug-likeness (QED) is 0.796. The van der Waals surface area contributed by atoms with Gasteiger partial charge in [0.05, 0.1) is 6.10 Å². The summed E-state index contributed by atoms with van der Waals surface area (Å²) in [6.07, 6.45) is 1.18. The first-order valence-corrected chi connectivity index (χ1v) is 8.48. The molecule has 2 nitrogen and oxygen atoms in total. The third-order valence-electron chi connectivity index (χ3n) is 5.03. The van der Waals surface area contributed by atoms with Crippen LogP contribution < -0.4 is 0 Å². The summed E-state index contributed by atoms with van der Waals surface area (Å²) in [6.45, 7) is 4.29. The van der Waals surface area contributed by atoms with Gasteiger partial charge in [0, 0.05) is 11.5 Å². The number of aliphatic hydroxyl groups is 1. The van der Waals surface area contributed by atoms with Crippen LogP contribution >= 0.6 is 12.4 Å². The number of nitrogens with zero attached hydrogens (tertiary/aromatic N) is 1. The summed E-state index contributed by atoms with van der Waals surface area (Å²) in [6, 6.07) is 21.3. The summed E-state index contributed by atoms with van der Waals surface area (Å²) in [5.41, 5.74) is 1.99. The molecule has 3 heteroatoms. The second-order valence-electron chi connectivity index (χ2n) is 6.64. The number of hydrogen-bond acceptors (Lipinski definition) is 2. The number of rotatable bonds is 7. The molecule has 0 radical (unpaired) electrons. The van der Waals surface area contributed by atoms with Crippen LogP contribution in [0.3, 0.4) is 0 Å². The zero-order valence-electron chi connectivity index (χ0n) is 15.1. The number of benzene rings is 2. The molecule has 0 aliphatic heterocycles. The molecule has 0 saturated carbocycles. The van der Waals surface area contributed by atoms with Crippen LogP contribution in [0, 0.1) is 0 Å². The van der Waals surface area contributed by atoms with Gasteiger partial charge < -0.3 is 10.0 Å². The summed E-state index contributed by atoms with van der Waals surface area (Å²) in [5.74, 6) is 0. The van der Waals surface area contributed by atoms with Gasteiger partial charge in [0.25, 0.3) is 0 Å². The predicted molar refractivity (Wildman–Crippen MR) is 105 cm³/mol. The van der Waals surface area contributed by atoms with Gasteiger partial charge in [0.2, 0.25) is 0 Å². The molecule has 2 rings (SSSR count). The van der Waals surface area contributed by atoms with Crippen LogP contribution in [0.5, 0.6) is 0 Å². The lowest BCUT2D eigenvalue weighted by molar-refractivity contribution is 0.0773. The van der Waals surface area contributed by atoms with Crippen LogP contribution in [0.4, 0.5) is 0 Å². The molecule has 0 fully saturated rings. The van der Waals surface area contributed by atoms with Crippen LogP contribution in [-0.2, 0) is 5.41 Å². The van der Waals surface area contributed by atoms with E-state index in [9.17, 15) is 5.11 Å². The van der Waals surface area contributed by atoms with Crippen molar-refractivity contribution in [3.63, 3.8) is 0 Å². The molecule has 0 amide bonds. The molecule has 2 aromatic rings. The average molecular weight is 348 g/mol. The standard InChI is InChI=1S/C21H29NO.ClH/c1-5-20(23)21(16-17(2)22(3)4,18-12-8-6-9-13-18)19-14-10-7-11-15-19;/h6-15,17,20,23H,5,16H2,1-4H3;1H/t17-,20+;/m0./s1. The Labute approximate surface area is 152 Å². The molecule has 0 aliphatic carbocycles. The van der Waals surface area contributed by atoms with E-state index in [-0.39, 0.29) is 17.8 Å². The van der Waals surface area contributed by atoms with Crippen molar-refractivity contribution in [1.29, 1.82) is 0 Å². The van der Waals surface area contributed by atoms with E-state index in [2.05, 4.69) is 81.4 Å². The first-order chi connectivity index (χ1) is 11.0. The summed E-state index contributed by atoms with van der Waals surface area (Å²) >= 11 is 0. The summed E-state index contributed by atoms with van der Waals surface area (Å²) in [5, 5.41) is 11.1. The molecule has 0 spiro atoms. The van der Waals surface area contributed by atoms with E-state index in [0.29, 0.717) is 6.04 Å². The lowest BCUT2D eigenvalue weighted by Gasteiger charge is -2.42. The number of halogens is 1. The van der Waals surface area contributed by atoms with Crippen molar-refractivity contribution in [2.45, 2.75) is 44.2 Å². The molecular weight excluding hydrogens is 318 g/mol. The van der Waals surface area contributed by atoms with Crippen molar-refractivity contribution in [2.24, 2.45) is 0 Å². The van der Waals surface area contributed by atoms with Crippen molar-refractivity contribution < 1.29 is 5.11 Å². The second kappa shape index (κ2) is 9.22. The molecule has 0 unspecified atom stereocenters. The van der Waals surface area contributed by atoms with Gasteiger partial charge in [0.15, 0.2) is 0 Å². The van der Waals surface area contributed by atoms with Gasteiger partial charge in [0.1, 0.15) is 0 Å². The maximum Gasteiger partial charge on any atom is 0.0675 e. The molecule has 2 atom stereocenters. The van der Waals surface area contributed by atoms with Gasteiger partial charge in [-0.05, 0) is 45.0 Å². The highest BCUT2D eigenvalue weighted by Gasteiger charge is 2.41. The predicted octanol–water partition coefficient (Wildman–Crippen LogP) is 4.51. The highest BCUT2D eigenvalue weighted by molar-refractivity contribution is 5.85. The second-order valence-corrected chi connectivity index (χ2v) is 6.64. The van der Waals surface area contributed by atoms with Crippen LogP contribution in [0.25, 0.3) is 0 Å². The average Bonchev–Trinajstić information content (AvgIpc) is 2.60. The summed E-state index contributed by atoms with van der Waals surface area (Å²) in [4.78, 5) is 2.23. The Balaban J connectivity index is 0.00000288. The van der Waals surface area contributed by atoms with Gasteiger partial charge >= 0.3 is 0 Å².